The average molecular weight is 925 g/mol. The molecule has 6 nitrogen and oxygen atoms in total. The molecule has 0 saturated carbocycles. The van der Waals surface area contributed by atoms with Crippen LogP contribution in [0.15, 0.2) is 134 Å². The summed E-state index contributed by atoms with van der Waals surface area (Å²) in [5.41, 5.74) is 0. The Balaban J connectivity index is 4.59. The number of ether oxygens (including phenoxy) is 3. The van der Waals surface area contributed by atoms with Crippen LogP contribution in [0.1, 0.15) is 213 Å². The fourth-order valence-corrected chi connectivity index (χ4v) is 6.69. The van der Waals surface area contributed by atoms with Gasteiger partial charge in [-0.1, -0.05) is 206 Å². The zero-order valence-corrected chi connectivity index (χ0v) is 42.9. The van der Waals surface area contributed by atoms with E-state index in [2.05, 4.69) is 142 Å². The zero-order chi connectivity index (χ0) is 48.6. The highest BCUT2D eigenvalue weighted by atomic mass is 16.6. The van der Waals surface area contributed by atoms with E-state index in [0.717, 1.165) is 141 Å². The van der Waals surface area contributed by atoms with Crippen molar-refractivity contribution < 1.29 is 28.6 Å². The lowest BCUT2D eigenvalue weighted by Gasteiger charge is -2.18. The lowest BCUT2D eigenvalue weighted by molar-refractivity contribution is -0.166. The van der Waals surface area contributed by atoms with Crippen LogP contribution in [-0.4, -0.2) is 37.2 Å². The highest BCUT2D eigenvalue weighted by Crippen LogP contribution is 2.12. The van der Waals surface area contributed by atoms with Crippen LogP contribution in [0.2, 0.25) is 0 Å². The molecule has 0 radical (unpaired) electrons. The van der Waals surface area contributed by atoms with Crippen molar-refractivity contribution in [2.45, 2.75) is 219 Å². The molecular weight excluding hydrogens is 829 g/mol. The first kappa shape index (κ1) is 62.5. The van der Waals surface area contributed by atoms with Gasteiger partial charge in [0.1, 0.15) is 13.2 Å². The molecule has 0 aliphatic rings. The summed E-state index contributed by atoms with van der Waals surface area (Å²) in [6.07, 6.45) is 75.9. The van der Waals surface area contributed by atoms with E-state index in [4.69, 9.17) is 14.2 Å². The Morgan fingerprint density at radius 1 is 0.313 bits per heavy atom. The molecular formula is C61H96O6. The van der Waals surface area contributed by atoms with Crippen LogP contribution >= 0.6 is 0 Å². The van der Waals surface area contributed by atoms with Crippen molar-refractivity contribution in [3.05, 3.63) is 134 Å². The van der Waals surface area contributed by atoms with Crippen molar-refractivity contribution in [3.63, 3.8) is 0 Å². The maximum atomic E-state index is 12.8. The van der Waals surface area contributed by atoms with Crippen LogP contribution in [0.3, 0.4) is 0 Å². The molecule has 0 heterocycles. The SMILES string of the molecule is CC/C=C\C/C=C\C/C=C\C/C=C\C/C=C\C/C=C\CCC(=O)O[C@H](COC(=O)CCCCCCC/C=C\C/C=C\C/C=C\CC)COC(=O)CCCCCCC/C=C\C/C=C\CCCCC. The Hall–Kier alpha value is -4.45. The molecule has 0 bridgehead atoms. The summed E-state index contributed by atoms with van der Waals surface area (Å²) in [7, 11) is 0. The molecule has 0 amide bonds. The highest BCUT2D eigenvalue weighted by Gasteiger charge is 2.19. The number of allylic oxidation sites excluding steroid dienone is 22. The molecule has 0 aliphatic heterocycles. The first-order chi connectivity index (χ1) is 33.0. The van der Waals surface area contributed by atoms with Crippen LogP contribution in [0.5, 0.6) is 0 Å². The minimum absolute atomic E-state index is 0.126. The summed E-state index contributed by atoms with van der Waals surface area (Å²) >= 11 is 0. The second-order valence-electron chi connectivity index (χ2n) is 17.0. The average Bonchev–Trinajstić information content (AvgIpc) is 3.33. The summed E-state index contributed by atoms with van der Waals surface area (Å²) in [6, 6.07) is 0. The number of carbonyl (C=O) groups excluding carboxylic acids is 3. The van der Waals surface area contributed by atoms with Crippen molar-refractivity contribution in [1.82, 2.24) is 0 Å². The third kappa shape index (κ3) is 52.4. The molecule has 1 atom stereocenters. The van der Waals surface area contributed by atoms with Crippen molar-refractivity contribution in [3.8, 4) is 0 Å². The van der Waals surface area contributed by atoms with Gasteiger partial charge in [-0.25, -0.2) is 0 Å². The summed E-state index contributed by atoms with van der Waals surface area (Å²) in [5, 5.41) is 0. The quantitative estimate of drug-likeness (QED) is 0.0262. The second-order valence-corrected chi connectivity index (χ2v) is 17.0. The standard InChI is InChI=1S/C61H96O6/c1-4-7-10-13-16-19-22-25-28-29-30-31-34-37-40-43-46-49-52-55-61(64)67-58(56-65-59(62)53-50-47-44-41-38-35-32-26-23-20-17-14-11-8-5-2)57-66-60(63)54-51-48-45-42-39-36-33-27-24-21-18-15-12-9-6-3/h7-8,10-11,16-21,25-28,30-33,37,40,46,49,58H,4-6,9,12-15,22-24,29,34-36,38-39,41-45,47-48,50-57H2,1-3H3/b10-7-,11-8-,19-16-,20-17-,21-18-,28-25-,31-30-,32-26-,33-27-,40-37-,49-46-/t58-/m1/s1. The van der Waals surface area contributed by atoms with E-state index in [9.17, 15) is 14.4 Å². The van der Waals surface area contributed by atoms with Gasteiger partial charge in [-0.15, -0.1) is 0 Å². The monoisotopic (exact) mass is 925 g/mol. The molecule has 0 spiro atoms. The fourth-order valence-electron chi connectivity index (χ4n) is 6.69. The molecule has 376 valence electrons. The Morgan fingerprint density at radius 3 is 0.970 bits per heavy atom. The van der Waals surface area contributed by atoms with Crippen molar-refractivity contribution in [2.75, 3.05) is 13.2 Å². The largest absolute Gasteiger partial charge is 0.462 e. The minimum Gasteiger partial charge on any atom is -0.462 e. The summed E-state index contributed by atoms with van der Waals surface area (Å²) < 4.78 is 16.7. The minimum atomic E-state index is -0.836. The lowest BCUT2D eigenvalue weighted by Crippen LogP contribution is -2.30. The van der Waals surface area contributed by atoms with E-state index in [-0.39, 0.29) is 31.6 Å². The third-order valence-electron chi connectivity index (χ3n) is 10.6. The molecule has 0 fully saturated rings. The van der Waals surface area contributed by atoms with E-state index < -0.39 is 12.1 Å². The van der Waals surface area contributed by atoms with Crippen molar-refractivity contribution in [2.24, 2.45) is 0 Å². The number of rotatable bonds is 46. The lowest BCUT2D eigenvalue weighted by atomic mass is 10.1. The van der Waals surface area contributed by atoms with Gasteiger partial charge < -0.3 is 14.2 Å². The van der Waals surface area contributed by atoms with E-state index in [1.54, 1.807) is 0 Å². The molecule has 0 aromatic carbocycles. The van der Waals surface area contributed by atoms with E-state index in [1.165, 1.54) is 25.7 Å². The van der Waals surface area contributed by atoms with Crippen molar-refractivity contribution >= 4 is 17.9 Å². The first-order valence-electron chi connectivity index (χ1n) is 26.7. The molecule has 0 N–H and O–H groups in total. The molecule has 0 saturated heterocycles. The van der Waals surface area contributed by atoms with E-state index in [0.29, 0.717) is 19.3 Å². The number of hydrogen-bond donors (Lipinski definition) is 0. The Bertz CT molecular complexity index is 1480. The summed E-state index contributed by atoms with van der Waals surface area (Å²) in [5.74, 6) is -1.05. The van der Waals surface area contributed by atoms with E-state index in [1.807, 2.05) is 12.2 Å². The highest BCUT2D eigenvalue weighted by molar-refractivity contribution is 5.71. The maximum Gasteiger partial charge on any atom is 0.306 e. The molecule has 0 aromatic heterocycles. The van der Waals surface area contributed by atoms with Crippen LogP contribution in [0.4, 0.5) is 0 Å². The predicted octanol–water partition coefficient (Wildman–Crippen LogP) is 17.9. The second kappa shape index (κ2) is 54.2. The number of carbonyl (C=O) groups is 3. The summed E-state index contributed by atoms with van der Waals surface area (Å²) in [6.45, 7) is 6.28. The molecule has 0 rings (SSSR count). The molecule has 0 aliphatic carbocycles. The summed E-state index contributed by atoms with van der Waals surface area (Å²) in [4.78, 5) is 38.0. The fraction of sp³-hybridized carbons (Fsp3) is 0.590. The van der Waals surface area contributed by atoms with Gasteiger partial charge in [0.15, 0.2) is 6.10 Å². The Kier molecular flexibility index (Phi) is 50.6. The van der Waals surface area contributed by atoms with Gasteiger partial charge in [-0.3, -0.25) is 14.4 Å². The molecule has 0 aromatic rings. The predicted molar refractivity (Wildman–Crippen MR) is 288 cm³/mol. The van der Waals surface area contributed by atoms with Gasteiger partial charge in [0.2, 0.25) is 0 Å². The van der Waals surface area contributed by atoms with Gasteiger partial charge in [0.05, 0.1) is 0 Å². The number of esters is 3. The van der Waals surface area contributed by atoms with Gasteiger partial charge >= 0.3 is 17.9 Å². The van der Waals surface area contributed by atoms with Gasteiger partial charge in [-0.2, -0.15) is 0 Å². The molecule has 6 heteroatoms. The number of hydrogen-bond acceptors (Lipinski definition) is 6. The van der Waals surface area contributed by atoms with Gasteiger partial charge in [0, 0.05) is 19.3 Å². The van der Waals surface area contributed by atoms with Crippen LogP contribution in [0.25, 0.3) is 0 Å². The van der Waals surface area contributed by atoms with Gasteiger partial charge in [-0.05, 0) is 122 Å². The number of unbranched alkanes of at least 4 members (excludes halogenated alkanes) is 13. The smallest absolute Gasteiger partial charge is 0.306 e. The Labute approximate surface area is 411 Å². The van der Waals surface area contributed by atoms with Gasteiger partial charge in [0.25, 0.3) is 0 Å². The van der Waals surface area contributed by atoms with Crippen LogP contribution in [0, 0.1) is 0 Å². The normalized spacial score (nSPS) is 13.2. The van der Waals surface area contributed by atoms with Crippen molar-refractivity contribution in [1.29, 1.82) is 0 Å². The first-order valence-corrected chi connectivity index (χ1v) is 26.7. The zero-order valence-electron chi connectivity index (χ0n) is 42.9. The topological polar surface area (TPSA) is 78.9 Å². The molecule has 67 heavy (non-hydrogen) atoms. The van der Waals surface area contributed by atoms with E-state index >= 15 is 0 Å². The Morgan fingerprint density at radius 2 is 0.612 bits per heavy atom. The molecule has 0 unspecified atom stereocenters. The van der Waals surface area contributed by atoms with Crippen LogP contribution in [-0.2, 0) is 28.6 Å². The third-order valence-corrected chi connectivity index (χ3v) is 10.6. The van der Waals surface area contributed by atoms with Crippen LogP contribution < -0.4 is 0 Å². The maximum absolute atomic E-state index is 12.8.